The van der Waals surface area contributed by atoms with Crippen LogP contribution in [-0.4, -0.2) is 24.7 Å². The summed E-state index contributed by atoms with van der Waals surface area (Å²) in [6.07, 6.45) is 6.89. The lowest BCUT2D eigenvalue weighted by Gasteiger charge is -2.29. The zero-order valence-corrected chi connectivity index (χ0v) is 16.5. The SMILES string of the molecule is CCCCCN(CCCCC)c1cccc2c1C(=O)c1ccccc1C2=O. The minimum absolute atomic E-state index is 0.0215. The number of nitrogens with zero attached hydrogens (tertiary/aromatic N) is 1. The van der Waals surface area contributed by atoms with Crippen molar-refractivity contribution in [3.8, 4) is 0 Å². The van der Waals surface area contributed by atoms with E-state index in [1.807, 2.05) is 24.3 Å². The van der Waals surface area contributed by atoms with Gasteiger partial charge in [0.2, 0.25) is 0 Å². The van der Waals surface area contributed by atoms with Crippen LogP contribution in [0.3, 0.4) is 0 Å². The van der Waals surface area contributed by atoms with Gasteiger partial charge in [0.05, 0.1) is 5.56 Å². The van der Waals surface area contributed by atoms with Gasteiger partial charge in [0.1, 0.15) is 0 Å². The number of rotatable bonds is 9. The number of fused-ring (bicyclic) bond motifs is 2. The van der Waals surface area contributed by atoms with E-state index in [2.05, 4.69) is 18.7 Å². The van der Waals surface area contributed by atoms with E-state index in [9.17, 15) is 9.59 Å². The third-order valence-electron chi connectivity index (χ3n) is 5.33. The molecule has 0 heterocycles. The first-order valence-corrected chi connectivity index (χ1v) is 10.2. The molecule has 0 saturated heterocycles. The Kier molecular flexibility index (Phi) is 6.44. The molecule has 0 spiro atoms. The van der Waals surface area contributed by atoms with Crippen molar-refractivity contribution in [3.05, 3.63) is 64.7 Å². The Labute approximate surface area is 162 Å². The van der Waals surface area contributed by atoms with Crippen LogP contribution in [0.2, 0.25) is 0 Å². The molecule has 0 atom stereocenters. The van der Waals surface area contributed by atoms with Crippen LogP contribution < -0.4 is 4.90 Å². The fourth-order valence-electron chi connectivity index (χ4n) is 3.85. The topological polar surface area (TPSA) is 37.4 Å². The highest BCUT2D eigenvalue weighted by Gasteiger charge is 2.32. The van der Waals surface area contributed by atoms with E-state index in [1.54, 1.807) is 18.2 Å². The lowest BCUT2D eigenvalue weighted by Crippen LogP contribution is -2.30. The summed E-state index contributed by atoms with van der Waals surface area (Å²) in [5.74, 6) is -0.0594. The number of hydrogen-bond acceptors (Lipinski definition) is 3. The number of carbonyl (C=O) groups excluding carboxylic acids is 2. The summed E-state index contributed by atoms with van der Waals surface area (Å²) in [6.45, 7) is 6.25. The Hall–Kier alpha value is -2.42. The lowest BCUT2D eigenvalue weighted by molar-refractivity contribution is 0.0979. The summed E-state index contributed by atoms with van der Waals surface area (Å²) < 4.78 is 0. The number of hydrogen-bond donors (Lipinski definition) is 0. The average molecular weight is 364 g/mol. The second-order valence-electron chi connectivity index (χ2n) is 7.30. The number of unbranched alkanes of at least 4 members (excludes halogenated alkanes) is 4. The normalized spacial score (nSPS) is 12.7. The number of ketones is 2. The van der Waals surface area contributed by atoms with E-state index in [-0.39, 0.29) is 11.6 Å². The molecule has 2 aromatic rings. The molecule has 142 valence electrons. The van der Waals surface area contributed by atoms with E-state index < -0.39 is 0 Å². The van der Waals surface area contributed by atoms with E-state index >= 15 is 0 Å². The van der Waals surface area contributed by atoms with Gasteiger partial charge in [-0.1, -0.05) is 75.9 Å². The molecule has 3 rings (SSSR count). The van der Waals surface area contributed by atoms with Crippen molar-refractivity contribution < 1.29 is 9.59 Å². The molecule has 3 heteroatoms. The minimum Gasteiger partial charge on any atom is -0.371 e. The van der Waals surface area contributed by atoms with Crippen molar-refractivity contribution in [2.75, 3.05) is 18.0 Å². The summed E-state index contributed by atoms with van der Waals surface area (Å²) in [6, 6.07) is 12.9. The lowest BCUT2D eigenvalue weighted by atomic mass is 9.83. The summed E-state index contributed by atoms with van der Waals surface area (Å²) in [5.41, 5.74) is 3.12. The Morgan fingerprint density at radius 3 is 1.81 bits per heavy atom. The highest BCUT2D eigenvalue weighted by Crippen LogP contribution is 2.34. The van der Waals surface area contributed by atoms with Gasteiger partial charge in [0.15, 0.2) is 11.6 Å². The zero-order valence-electron chi connectivity index (χ0n) is 16.5. The fourth-order valence-corrected chi connectivity index (χ4v) is 3.85. The second kappa shape index (κ2) is 8.98. The molecule has 0 unspecified atom stereocenters. The molecule has 27 heavy (non-hydrogen) atoms. The van der Waals surface area contributed by atoms with Crippen molar-refractivity contribution in [3.63, 3.8) is 0 Å². The van der Waals surface area contributed by atoms with E-state index in [0.29, 0.717) is 22.3 Å². The Balaban J connectivity index is 2.00. The van der Waals surface area contributed by atoms with Gasteiger partial charge in [-0.3, -0.25) is 9.59 Å². The molecule has 2 aromatic carbocycles. The van der Waals surface area contributed by atoms with Crippen molar-refractivity contribution >= 4 is 17.3 Å². The highest BCUT2D eigenvalue weighted by atomic mass is 16.1. The van der Waals surface area contributed by atoms with E-state index in [1.165, 1.54) is 25.7 Å². The molecule has 1 aliphatic carbocycles. The molecular weight excluding hydrogens is 334 g/mol. The van der Waals surface area contributed by atoms with Crippen molar-refractivity contribution in [1.29, 1.82) is 0 Å². The minimum atomic E-state index is -0.0379. The van der Waals surface area contributed by atoms with Crippen molar-refractivity contribution in [2.45, 2.75) is 52.4 Å². The summed E-state index contributed by atoms with van der Waals surface area (Å²) in [5, 5.41) is 0. The molecule has 1 aliphatic rings. The molecule has 0 N–H and O–H groups in total. The van der Waals surface area contributed by atoms with Gasteiger partial charge in [0.25, 0.3) is 0 Å². The zero-order chi connectivity index (χ0) is 19.2. The predicted molar refractivity (Wildman–Crippen MR) is 111 cm³/mol. The van der Waals surface area contributed by atoms with Gasteiger partial charge in [-0.05, 0) is 18.9 Å². The average Bonchev–Trinajstić information content (AvgIpc) is 2.70. The monoisotopic (exact) mass is 363 g/mol. The van der Waals surface area contributed by atoms with Gasteiger partial charge in [0, 0.05) is 35.5 Å². The van der Waals surface area contributed by atoms with Gasteiger partial charge in [-0.2, -0.15) is 0 Å². The van der Waals surface area contributed by atoms with Gasteiger partial charge < -0.3 is 4.90 Å². The molecule has 0 radical (unpaired) electrons. The molecule has 0 bridgehead atoms. The van der Waals surface area contributed by atoms with E-state index in [0.717, 1.165) is 31.6 Å². The van der Waals surface area contributed by atoms with Crippen LogP contribution >= 0.6 is 0 Å². The fraction of sp³-hybridized carbons (Fsp3) is 0.417. The number of benzene rings is 2. The Morgan fingerprint density at radius 1 is 0.667 bits per heavy atom. The third-order valence-corrected chi connectivity index (χ3v) is 5.33. The quantitative estimate of drug-likeness (QED) is 0.461. The largest absolute Gasteiger partial charge is 0.371 e. The Morgan fingerprint density at radius 2 is 1.22 bits per heavy atom. The van der Waals surface area contributed by atoms with Gasteiger partial charge in [-0.15, -0.1) is 0 Å². The first-order valence-electron chi connectivity index (χ1n) is 10.2. The third kappa shape index (κ3) is 3.97. The summed E-state index contributed by atoms with van der Waals surface area (Å²) >= 11 is 0. The van der Waals surface area contributed by atoms with Crippen LogP contribution in [0.5, 0.6) is 0 Å². The number of carbonyl (C=O) groups is 2. The maximum absolute atomic E-state index is 13.3. The standard InChI is InChI=1S/C24H29NO2/c1-3-5-9-16-25(17-10-6-4-2)21-15-11-14-20-22(21)24(27)19-13-8-7-12-18(19)23(20)26/h7-8,11-15H,3-6,9-10,16-17H2,1-2H3. The maximum Gasteiger partial charge on any atom is 0.196 e. The van der Waals surface area contributed by atoms with Crippen LogP contribution in [0.1, 0.15) is 84.2 Å². The van der Waals surface area contributed by atoms with Crippen molar-refractivity contribution in [2.24, 2.45) is 0 Å². The Bertz CT molecular complexity index is 815. The summed E-state index contributed by atoms with van der Waals surface area (Å²) in [7, 11) is 0. The summed E-state index contributed by atoms with van der Waals surface area (Å²) in [4.78, 5) is 28.6. The van der Waals surface area contributed by atoms with Gasteiger partial charge >= 0.3 is 0 Å². The highest BCUT2D eigenvalue weighted by molar-refractivity contribution is 6.30. The first-order chi connectivity index (χ1) is 13.2. The van der Waals surface area contributed by atoms with Gasteiger partial charge in [-0.25, -0.2) is 0 Å². The van der Waals surface area contributed by atoms with Crippen LogP contribution in [-0.2, 0) is 0 Å². The number of anilines is 1. The smallest absolute Gasteiger partial charge is 0.196 e. The van der Waals surface area contributed by atoms with Crippen molar-refractivity contribution in [1.82, 2.24) is 0 Å². The first kappa shape index (κ1) is 19.3. The van der Waals surface area contributed by atoms with Crippen LogP contribution in [0.25, 0.3) is 0 Å². The predicted octanol–water partition coefficient (Wildman–Crippen LogP) is 5.65. The molecule has 0 aromatic heterocycles. The van der Waals surface area contributed by atoms with Crippen LogP contribution in [0.4, 0.5) is 5.69 Å². The maximum atomic E-state index is 13.3. The molecule has 0 amide bonds. The molecule has 0 fully saturated rings. The molecular formula is C24H29NO2. The molecule has 0 aliphatic heterocycles. The molecule has 0 saturated carbocycles. The van der Waals surface area contributed by atoms with Crippen LogP contribution in [0.15, 0.2) is 42.5 Å². The van der Waals surface area contributed by atoms with E-state index in [4.69, 9.17) is 0 Å². The molecule has 3 nitrogen and oxygen atoms in total. The second-order valence-corrected chi connectivity index (χ2v) is 7.30. The van der Waals surface area contributed by atoms with Crippen LogP contribution in [0, 0.1) is 0 Å².